The Morgan fingerprint density at radius 1 is 1.15 bits per heavy atom. The van der Waals surface area contributed by atoms with Gasteiger partial charge in [0.05, 0.1) is 23.6 Å². The third kappa shape index (κ3) is 4.64. The van der Waals surface area contributed by atoms with Gasteiger partial charge in [0.1, 0.15) is 0 Å². The molecule has 1 heterocycles. The highest BCUT2D eigenvalue weighted by Crippen LogP contribution is 2.23. The highest BCUT2D eigenvalue weighted by Gasteiger charge is 2.13. The summed E-state index contributed by atoms with van der Waals surface area (Å²) in [5.74, 6) is 0. The van der Waals surface area contributed by atoms with Gasteiger partial charge < -0.3 is 15.4 Å². The molecule has 0 saturated heterocycles. The Hall–Kier alpha value is -2.44. The van der Waals surface area contributed by atoms with Crippen LogP contribution >= 0.6 is 12.2 Å². The molecule has 0 saturated carbocycles. The fourth-order valence-electron chi connectivity index (χ4n) is 3.20. The second-order valence-electron chi connectivity index (χ2n) is 6.57. The van der Waals surface area contributed by atoms with Gasteiger partial charge in [-0.15, -0.1) is 0 Å². The van der Waals surface area contributed by atoms with Crippen LogP contribution in [0.1, 0.15) is 23.4 Å². The van der Waals surface area contributed by atoms with Gasteiger partial charge in [-0.05, 0) is 48.8 Å². The smallest absolute Gasteiger partial charge is 0.170 e. The second kappa shape index (κ2) is 8.97. The number of nitrogens with zero attached hydrogens (tertiary/aromatic N) is 2. The monoisotopic (exact) mass is 382 g/mol. The summed E-state index contributed by atoms with van der Waals surface area (Å²) in [6.07, 6.45) is 0.913. The number of hydrogen-bond donors (Lipinski definition) is 2. The molecule has 0 radical (unpaired) electrons. The molecule has 0 atom stereocenters. The van der Waals surface area contributed by atoms with Crippen molar-refractivity contribution in [3.05, 3.63) is 59.4 Å². The van der Waals surface area contributed by atoms with E-state index in [2.05, 4.69) is 60.0 Å². The number of ether oxygens (including phenoxy) is 1. The minimum atomic E-state index is 0.613. The van der Waals surface area contributed by atoms with Crippen LogP contribution in [-0.4, -0.2) is 35.2 Å². The molecule has 27 heavy (non-hydrogen) atoms. The summed E-state index contributed by atoms with van der Waals surface area (Å²) in [4.78, 5) is 0. The Morgan fingerprint density at radius 2 is 1.93 bits per heavy atom. The predicted octanol–water partition coefficient (Wildman–Crippen LogP) is 4.02. The van der Waals surface area contributed by atoms with Crippen molar-refractivity contribution in [1.29, 1.82) is 0 Å². The molecule has 6 heteroatoms. The third-order valence-corrected chi connectivity index (χ3v) is 4.88. The van der Waals surface area contributed by atoms with Gasteiger partial charge in [0.2, 0.25) is 0 Å². The number of anilines is 1. The van der Waals surface area contributed by atoms with E-state index < -0.39 is 0 Å². The molecule has 142 valence electrons. The van der Waals surface area contributed by atoms with Gasteiger partial charge in [0.15, 0.2) is 5.11 Å². The number of hydrogen-bond acceptors (Lipinski definition) is 3. The van der Waals surface area contributed by atoms with Crippen LogP contribution in [0.15, 0.2) is 42.5 Å². The molecule has 3 rings (SSSR count). The van der Waals surface area contributed by atoms with Crippen molar-refractivity contribution in [2.45, 2.75) is 26.8 Å². The molecule has 0 unspecified atom stereocenters. The SMILES string of the molecule is COCCCNC(=S)Nc1c(C)nn(Cc2cccc3ccccc23)c1C. The van der Waals surface area contributed by atoms with Crippen molar-refractivity contribution in [1.82, 2.24) is 15.1 Å². The Kier molecular flexibility index (Phi) is 6.42. The molecule has 2 N–H and O–H groups in total. The maximum absolute atomic E-state index is 5.41. The molecule has 0 aliphatic carbocycles. The second-order valence-corrected chi connectivity index (χ2v) is 6.98. The fourth-order valence-corrected chi connectivity index (χ4v) is 3.40. The number of aryl methyl sites for hydroxylation is 1. The average molecular weight is 383 g/mol. The molecule has 0 fully saturated rings. The van der Waals surface area contributed by atoms with E-state index in [-0.39, 0.29) is 0 Å². The van der Waals surface area contributed by atoms with Gasteiger partial charge in [-0.25, -0.2) is 0 Å². The van der Waals surface area contributed by atoms with E-state index in [1.165, 1.54) is 16.3 Å². The average Bonchev–Trinajstić information content (AvgIpc) is 2.93. The standard InChI is InChI=1S/C21H26N4OS/c1-15-20(23-21(27)22-12-7-13-26-3)16(2)25(24-15)14-18-10-6-9-17-8-4-5-11-19(17)18/h4-6,8-11H,7,12-14H2,1-3H3,(H2,22,23,27). The van der Waals surface area contributed by atoms with Crippen LogP contribution in [0.2, 0.25) is 0 Å². The summed E-state index contributed by atoms with van der Waals surface area (Å²) in [5.41, 5.74) is 4.24. The minimum Gasteiger partial charge on any atom is -0.385 e. The van der Waals surface area contributed by atoms with Crippen molar-refractivity contribution in [3.63, 3.8) is 0 Å². The van der Waals surface area contributed by atoms with Crippen LogP contribution in [0.4, 0.5) is 5.69 Å². The molecule has 0 amide bonds. The summed E-state index contributed by atoms with van der Waals surface area (Å²) in [5, 5.41) is 14.3. The lowest BCUT2D eigenvalue weighted by atomic mass is 10.0. The Balaban J connectivity index is 1.74. The first-order valence-electron chi connectivity index (χ1n) is 9.14. The Morgan fingerprint density at radius 3 is 2.74 bits per heavy atom. The molecule has 0 aliphatic rings. The molecule has 2 aromatic carbocycles. The van der Waals surface area contributed by atoms with Crippen molar-refractivity contribution in [3.8, 4) is 0 Å². The lowest BCUT2D eigenvalue weighted by Crippen LogP contribution is -2.30. The molecule has 0 aliphatic heterocycles. The van der Waals surface area contributed by atoms with Crippen LogP contribution < -0.4 is 10.6 Å². The lowest BCUT2D eigenvalue weighted by Gasteiger charge is -2.11. The first-order chi connectivity index (χ1) is 13.1. The van der Waals surface area contributed by atoms with E-state index in [1.54, 1.807) is 7.11 Å². The van der Waals surface area contributed by atoms with Crippen LogP contribution in [0.25, 0.3) is 10.8 Å². The molecule has 5 nitrogen and oxygen atoms in total. The normalized spacial score (nSPS) is 10.9. The number of thiocarbonyl (C=S) groups is 1. The molecule has 0 spiro atoms. The van der Waals surface area contributed by atoms with E-state index in [9.17, 15) is 0 Å². The minimum absolute atomic E-state index is 0.613. The quantitative estimate of drug-likeness (QED) is 0.477. The number of rotatable bonds is 7. The predicted molar refractivity (Wildman–Crippen MR) is 115 cm³/mol. The van der Waals surface area contributed by atoms with E-state index >= 15 is 0 Å². The van der Waals surface area contributed by atoms with E-state index in [0.29, 0.717) is 5.11 Å². The van der Waals surface area contributed by atoms with E-state index in [0.717, 1.165) is 43.2 Å². The van der Waals surface area contributed by atoms with Crippen molar-refractivity contribution in [2.75, 3.05) is 25.6 Å². The maximum atomic E-state index is 5.41. The molecule has 0 bridgehead atoms. The zero-order valence-corrected chi connectivity index (χ0v) is 16.9. The summed E-state index contributed by atoms with van der Waals surface area (Å²) in [7, 11) is 1.70. The van der Waals surface area contributed by atoms with Crippen molar-refractivity contribution in [2.24, 2.45) is 0 Å². The summed E-state index contributed by atoms with van der Waals surface area (Å²) >= 11 is 5.41. The first kappa shape index (κ1) is 19.3. The number of benzene rings is 2. The first-order valence-corrected chi connectivity index (χ1v) is 9.55. The number of nitrogens with one attached hydrogen (secondary N) is 2. The van der Waals surface area contributed by atoms with Crippen LogP contribution in [0.5, 0.6) is 0 Å². The van der Waals surface area contributed by atoms with Crippen molar-refractivity contribution < 1.29 is 4.74 Å². The van der Waals surface area contributed by atoms with Crippen LogP contribution in [-0.2, 0) is 11.3 Å². The summed E-state index contributed by atoms with van der Waals surface area (Å²) in [6.45, 7) is 6.30. The van der Waals surface area contributed by atoms with Gasteiger partial charge in [0.25, 0.3) is 0 Å². The van der Waals surface area contributed by atoms with E-state index in [1.807, 2.05) is 11.6 Å². The van der Waals surface area contributed by atoms with Gasteiger partial charge in [-0.3, -0.25) is 4.68 Å². The van der Waals surface area contributed by atoms with Gasteiger partial charge >= 0.3 is 0 Å². The number of fused-ring (bicyclic) bond motifs is 1. The summed E-state index contributed by atoms with van der Waals surface area (Å²) in [6, 6.07) is 14.8. The van der Waals surface area contributed by atoms with Crippen LogP contribution in [0.3, 0.4) is 0 Å². The zero-order valence-electron chi connectivity index (χ0n) is 16.1. The summed E-state index contributed by atoms with van der Waals surface area (Å²) < 4.78 is 7.09. The Bertz CT molecular complexity index is 930. The largest absolute Gasteiger partial charge is 0.385 e. The third-order valence-electron chi connectivity index (χ3n) is 4.63. The van der Waals surface area contributed by atoms with E-state index in [4.69, 9.17) is 22.1 Å². The highest BCUT2D eigenvalue weighted by atomic mass is 32.1. The Labute approximate surface area is 165 Å². The lowest BCUT2D eigenvalue weighted by molar-refractivity contribution is 0.196. The van der Waals surface area contributed by atoms with Gasteiger partial charge in [-0.2, -0.15) is 5.10 Å². The number of aromatic nitrogens is 2. The maximum Gasteiger partial charge on any atom is 0.170 e. The number of methoxy groups -OCH3 is 1. The molecule has 3 aromatic rings. The topological polar surface area (TPSA) is 51.1 Å². The molecular weight excluding hydrogens is 356 g/mol. The molecular formula is C21H26N4OS. The molecule has 1 aromatic heterocycles. The van der Waals surface area contributed by atoms with Crippen LogP contribution in [0, 0.1) is 13.8 Å². The fraction of sp³-hybridized carbons (Fsp3) is 0.333. The van der Waals surface area contributed by atoms with Crippen molar-refractivity contribution >= 4 is 33.8 Å². The van der Waals surface area contributed by atoms with Gasteiger partial charge in [0, 0.05) is 20.3 Å². The van der Waals surface area contributed by atoms with Gasteiger partial charge in [-0.1, -0.05) is 42.5 Å². The highest BCUT2D eigenvalue weighted by molar-refractivity contribution is 7.80. The zero-order chi connectivity index (χ0) is 19.2.